The number of aromatic nitrogens is 3. The molecule has 0 radical (unpaired) electrons. The number of nitrogens with zero attached hydrogens (tertiary/aromatic N) is 3. The molecule has 9 heteroatoms. The Hall–Kier alpha value is -4.27. The predicted molar refractivity (Wildman–Crippen MR) is 118 cm³/mol. The molecule has 4 aromatic rings. The number of fused-ring (bicyclic) bond motifs is 4. The maximum Gasteiger partial charge on any atom is 0.347 e. The number of carbonyl (C=O) groups is 2. The summed E-state index contributed by atoms with van der Waals surface area (Å²) in [4.78, 5) is 39.0. The number of hydrogen-bond acceptors (Lipinski definition) is 7. The molecule has 2 aromatic carbocycles. The van der Waals surface area contributed by atoms with Crippen LogP contribution in [-0.4, -0.2) is 33.3 Å². The van der Waals surface area contributed by atoms with Crippen LogP contribution in [0, 0.1) is 0 Å². The smallest absolute Gasteiger partial charge is 0.347 e. The molecule has 1 amide bonds. The zero-order valence-corrected chi connectivity index (χ0v) is 17.6. The third-order valence-corrected chi connectivity index (χ3v) is 5.47. The van der Waals surface area contributed by atoms with Crippen molar-refractivity contribution in [3.8, 4) is 5.75 Å². The van der Waals surface area contributed by atoms with Crippen LogP contribution in [0.3, 0.4) is 0 Å². The van der Waals surface area contributed by atoms with Gasteiger partial charge in [0.15, 0.2) is 5.78 Å². The monoisotopic (exact) mass is 444 g/mol. The molecular weight excluding hydrogens is 424 g/mol. The fraction of sp³-hybridized carbons (Fsp3) is 0.208. The van der Waals surface area contributed by atoms with Crippen molar-refractivity contribution in [1.29, 1.82) is 0 Å². The van der Waals surface area contributed by atoms with Crippen LogP contribution in [0.4, 0.5) is 0 Å². The predicted octanol–water partition coefficient (Wildman–Crippen LogP) is 2.45. The van der Waals surface area contributed by atoms with Gasteiger partial charge in [0.25, 0.3) is 0 Å². The van der Waals surface area contributed by atoms with Gasteiger partial charge in [0.2, 0.25) is 5.91 Å². The van der Waals surface area contributed by atoms with E-state index < -0.39 is 17.5 Å². The van der Waals surface area contributed by atoms with E-state index in [1.165, 1.54) is 6.07 Å². The molecule has 1 aliphatic heterocycles. The van der Waals surface area contributed by atoms with Crippen molar-refractivity contribution < 1.29 is 18.7 Å². The first-order valence-corrected chi connectivity index (χ1v) is 10.6. The zero-order chi connectivity index (χ0) is 22.8. The first kappa shape index (κ1) is 20.6. The van der Waals surface area contributed by atoms with Gasteiger partial charge in [0.05, 0.1) is 18.8 Å². The van der Waals surface area contributed by atoms with Gasteiger partial charge in [-0.25, -0.2) is 4.79 Å². The number of ether oxygens (including phenoxy) is 1. The average Bonchev–Trinajstić information content (AvgIpc) is 3.28. The molecule has 1 aliphatic rings. The summed E-state index contributed by atoms with van der Waals surface area (Å²) in [5.41, 5.74) is 0.689. The number of para-hydroxylation sites is 2. The number of ketones is 1. The van der Waals surface area contributed by atoms with Crippen LogP contribution in [0.15, 0.2) is 70.0 Å². The lowest BCUT2D eigenvalue weighted by molar-refractivity contribution is -0.121. The zero-order valence-electron chi connectivity index (χ0n) is 17.6. The van der Waals surface area contributed by atoms with Gasteiger partial charge in [-0.05, 0) is 18.2 Å². The van der Waals surface area contributed by atoms with Crippen molar-refractivity contribution in [1.82, 2.24) is 20.3 Å². The van der Waals surface area contributed by atoms with Crippen molar-refractivity contribution in [3.63, 3.8) is 0 Å². The summed E-state index contributed by atoms with van der Waals surface area (Å²) in [6.07, 6.45) is 2.37. The Balaban J connectivity index is 1.56. The summed E-state index contributed by atoms with van der Waals surface area (Å²) in [6, 6.07) is 14.3. The van der Waals surface area contributed by atoms with Crippen LogP contribution in [0.5, 0.6) is 5.75 Å². The number of aryl methyl sites for hydroxylation is 1. The molecule has 1 atom stereocenters. The molecule has 0 saturated heterocycles. The number of nitrogens with one attached hydrogen (secondary N) is 1. The highest BCUT2D eigenvalue weighted by molar-refractivity contribution is 6.04. The number of carbonyl (C=O) groups excluding carboxylic acids is 2. The van der Waals surface area contributed by atoms with Crippen LogP contribution >= 0.6 is 0 Å². The SMILES string of the molecule is O=C1CCn2cc(nn2)CCOc2ccccc2C(C(=O)c2cc3ccccc3oc2=O)N1. The minimum absolute atomic E-state index is 0.0852. The van der Waals surface area contributed by atoms with E-state index in [1.807, 2.05) is 0 Å². The number of rotatable bonds is 2. The molecule has 0 fully saturated rings. The third kappa shape index (κ3) is 4.25. The van der Waals surface area contributed by atoms with Gasteiger partial charge in [-0.2, -0.15) is 0 Å². The molecule has 2 bridgehead atoms. The van der Waals surface area contributed by atoms with Crippen molar-refractivity contribution in [2.45, 2.75) is 25.4 Å². The second kappa shape index (κ2) is 8.70. The molecule has 3 heterocycles. The standard InChI is InChI=1S/C24H20N4O5/c29-21-9-11-28-14-16(26-27-28)10-12-32-20-8-4-2-6-17(20)22(25-21)23(30)18-13-15-5-1-3-7-19(15)33-24(18)31/h1-8,13-14,22H,9-12H2,(H,25,29). The number of amides is 1. The molecule has 1 unspecified atom stereocenters. The highest BCUT2D eigenvalue weighted by atomic mass is 16.5. The average molecular weight is 444 g/mol. The van der Waals surface area contributed by atoms with Gasteiger partial charge < -0.3 is 14.5 Å². The highest BCUT2D eigenvalue weighted by Gasteiger charge is 2.29. The van der Waals surface area contributed by atoms with Crippen molar-refractivity contribution >= 4 is 22.7 Å². The summed E-state index contributed by atoms with van der Waals surface area (Å²) in [6.45, 7) is 0.614. The molecule has 166 valence electrons. The van der Waals surface area contributed by atoms with E-state index in [4.69, 9.17) is 9.15 Å². The van der Waals surface area contributed by atoms with Gasteiger partial charge in [0, 0.05) is 30.0 Å². The maximum atomic E-state index is 13.6. The lowest BCUT2D eigenvalue weighted by atomic mass is 9.96. The Morgan fingerprint density at radius 2 is 1.88 bits per heavy atom. The Morgan fingerprint density at radius 1 is 1.06 bits per heavy atom. The van der Waals surface area contributed by atoms with Gasteiger partial charge in [-0.1, -0.05) is 41.6 Å². The fourth-order valence-corrected chi connectivity index (χ4v) is 3.80. The van der Waals surface area contributed by atoms with Gasteiger partial charge >= 0.3 is 5.63 Å². The van der Waals surface area contributed by atoms with Gasteiger partial charge in [-0.15, -0.1) is 5.10 Å². The Labute approximate surface area is 188 Å². The van der Waals surface area contributed by atoms with E-state index in [-0.39, 0.29) is 17.9 Å². The lowest BCUT2D eigenvalue weighted by Gasteiger charge is -2.21. The number of benzene rings is 2. The van der Waals surface area contributed by atoms with E-state index in [2.05, 4.69) is 15.6 Å². The summed E-state index contributed by atoms with van der Waals surface area (Å²) >= 11 is 0. The van der Waals surface area contributed by atoms with Crippen LogP contribution in [0.25, 0.3) is 11.0 Å². The lowest BCUT2D eigenvalue weighted by Crippen LogP contribution is -2.36. The second-order valence-corrected chi connectivity index (χ2v) is 7.71. The van der Waals surface area contributed by atoms with Gasteiger partial charge in [-0.3, -0.25) is 14.3 Å². The minimum atomic E-state index is -1.12. The molecule has 0 aliphatic carbocycles. The van der Waals surface area contributed by atoms with E-state index >= 15 is 0 Å². The molecule has 9 nitrogen and oxygen atoms in total. The first-order chi connectivity index (χ1) is 16.1. The minimum Gasteiger partial charge on any atom is -0.493 e. The maximum absolute atomic E-state index is 13.6. The Kier molecular flexibility index (Phi) is 5.43. The molecule has 0 saturated carbocycles. The molecule has 2 aromatic heterocycles. The third-order valence-electron chi connectivity index (χ3n) is 5.47. The van der Waals surface area contributed by atoms with E-state index in [1.54, 1.807) is 59.4 Å². The molecular formula is C24H20N4O5. The van der Waals surface area contributed by atoms with Crippen LogP contribution in [-0.2, 0) is 17.8 Å². The Bertz CT molecular complexity index is 1410. The van der Waals surface area contributed by atoms with Crippen molar-refractivity contribution in [2.24, 2.45) is 0 Å². The van der Waals surface area contributed by atoms with Crippen LogP contribution in [0.2, 0.25) is 0 Å². The molecule has 33 heavy (non-hydrogen) atoms. The van der Waals surface area contributed by atoms with Crippen molar-refractivity contribution in [2.75, 3.05) is 6.61 Å². The van der Waals surface area contributed by atoms with E-state index in [9.17, 15) is 14.4 Å². The summed E-state index contributed by atoms with van der Waals surface area (Å²) in [5, 5.41) is 11.5. The summed E-state index contributed by atoms with van der Waals surface area (Å²) < 4.78 is 12.9. The second-order valence-electron chi connectivity index (χ2n) is 7.71. The largest absolute Gasteiger partial charge is 0.493 e. The first-order valence-electron chi connectivity index (χ1n) is 10.6. The molecule has 1 N–H and O–H groups in total. The quantitative estimate of drug-likeness (QED) is 0.373. The molecule has 5 rings (SSSR count). The van der Waals surface area contributed by atoms with Crippen LogP contribution < -0.4 is 15.7 Å². The number of hydrogen-bond donors (Lipinski definition) is 1. The fourth-order valence-electron chi connectivity index (χ4n) is 3.80. The summed E-state index contributed by atoms with van der Waals surface area (Å²) in [7, 11) is 0. The molecule has 0 spiro atoms. The Morgan fingerprint density at radius 3 is 2.79 bits per heavy atom. The van der Waals surface area contributed by atoms with E-state index in [0.717, 1.165) is 5.69 Å². The van der Waals surface area contributed by atoms with Crippen LogP contribution in [0.1, 0.15) is 34.1 Å². The summed E-state index contributed by atoms with van der Waals surface area (Å²) in [5.74, 6) is -0.506. The normalized spacial score (nSPS) is 16.5. The van der Waals surface area contributed by atoms with E-state index in [0.29, 0.717) is 41.9 Å². The topological polar surface area (TPSA) is 116 Å². The number of Topliss-reactive ketones (excluding diaryl/α,β-unsaturated/α-hetero) is 1. The highest BCUT2D eigenvalue weighted by Crippen LogP contribution is 2.28. The van der Waals surface area contributed by atoms with Gasteiger partial charge in [0.1, 0.15) is 22.9 Å². The van der Waals surface area contributed by atoms with Crippen molar-refractivity contribution in [3.05, 3.63) is 88.0 Å².